The Morgan fingerprint density at radius 3 is 2.61 bits per heavy atom. The molecule has 0 unspecified atom stereocenters. The van der Waals surface area contributed by atoms with Crippen LogP contribution in [0.4, 0.5) is 0 Å². The van der Waals surface area contributed by atoms with Crippen molar-refractivity contribution < 1.29 is 4.74 Å². The SMILES string of the molecule is COc1ccc(-c2nc3c4cnn(-c5ccc(C)c(Cl)c5)c4ncn3n2)cc1. The summed E-state index contributed by atoms with van der Waals surface area (Å²) in [5, 5.41) is 10.5. The fourth-order valence-corrected chi connectivity index (χ4v) is 3.26. The second-order valence-electron chi connectivity index (χ2n) is 6.40. The number of benzene rings is 2. The van der Waals surface area contributed by atoms with Crippen LogP contribution in [0, 0.1) is 6.92 Å². The van der Waals surface area contributed by atoms with Gasteiger partial charge in [0.1, 0.15) is 12.1 Å². The van der Waals surface area contributed by atoms with Crippen molar-refractivity contribution >= 4 is 28.3 Å². The number of halogens is 1. The van der Waals surface area contributed by atoms with Crippen LogP contribution in [0.1, 0.15) is 5.56 Å². The molecule has 2 aromatic carbocycles. The van der Waals surface area contributed by atoms with E-state index in [1.165, 1.54) is 0 Å². The highest BCUT2D eigenvalue weighted by molar-refractivity contribution is 6.31. The largest absolute Gasteiger partial charge is 0.497 e. The second-order valence-corrected chi connectivity index (χ2v) is 6.81. The van der Waals surface area contributed by atoms with E-state index in [-0.39, 0.29) is 0 Å². The smallest absolute Gasteiger partial charge is 0.182 e. The summed E-state index contributed by atoms with van der Waals surface area (Å²) in [5.74, 6) is 1.40. The van der Waals surface area contributed by atoms with Gasteiger partial charge < -0.3 is 4.74 Å². The van der Waals surface area contributed by atoms with Crippen LogP contribution in [0.5, 0.6) is 5.75 Å². The molecule has 7 nitrogen and oxygen atoms in total. The molecule has 0 aliphatic carbocycles. The van der Waals surface area contributed by atoms with Crippen molar-refractivity contribution in [3.05, 3.63) is 65.6 Å². The number of ether oxygens (including phenoxy) is 1. The summed E-state index contributed by atoms with van der Waals surface area (Å²) >= 11 is 6.27. The summed E-state index contributed by atoms with van der Waals surface area (Å²) in [6.45, 7) is 1.96. The Hall–Kier alpha value is -3.45. The topological polar surface area (TPSA) is 70.1 Å². The zero-order chi connectivity index (χ0) is 19.3. The Balaban J connectivity index is 1.65. The van der Waals surface area contributed by atoms with Crippen LogP contribution in [0.2, 0.25) is 5.02 Å². The highest BCUT2D eigenvalue weighted by Crippen LogP contribution is 2.25. The normalized spacial score (nSPS) is 11.4. The molecule has 138 valence electrons. The Morgan fingerprint density at radius 1 is 1.04 bits per heavy atom. The molecule has 3 heterocycles. The molecule has 5 rings (SSSR count). The third-order valence-electron chi connectivity index (χ3n) is 4.65. The van der Waals surface area contributed by atoms with Gasteiger partial charge in [-0.3, -0.25) is 0 Å². The Labute approximate surface area is 165 Å². The fourth-order valence-electron chi connectivity index (χ4n) is 3.09. The summed E-state index contributed by atoms with van der Waals surface area (Å²) in [5.41, 5.74) is 4.15. The van der Waals surface area contributed by atoms with Crippen LogP contribution < -0.4 is 4.74 Å². The first-order chi connectivity index (χ1) is 13.6. The highest BCUT2D eigenvalue weighted by Gasteiger charge is 2.15. The van der Waals surface area contributed by atoms with Crippen molar-refractivity contribution in [3.8, 4) is 22.8 Å². The number of aryl methyl sites for hydroxylation is 1. The van der Waals surface area contributed by atoms with Crippen LogP contribution in [0.25, 0.3) is 33.8 Å². The monoisotopic (exact) mass is 390 g/mol. The molecule has 0 spiro atoms. The lowest BCUT2D eigenvalue weighted by Crippen LogP contribution is -1.99. The van der Waals surface area contributed by atoms with E-state index in [4.69, 9.17) is 21.3 Å². The van der Waals surface area contributed by atoms with E-state index in [9.17, 15) is 0 Å². The van der Waals surface area contributed by atoms with Crippen molar-refractivity contribution in [2.45, 2.75) is 6.92 Å². The molecule has 0 aliphatic heterocycles. The number of hydrogen-bond donors (Lipinski definition) is 0. The van der Waals surface area contributed by atoms with Gasteiger partial charge in [0.05, 0.1) is 24.4 Å². The summed E-state index contributed by atoms with van der Waals surface area (Å²) in [4.78, 5) is 9.23. The zero-order valence-corrected chi connectivity index (χ0v) is 15.9. The van der Waals surface area contributed by atoms with Gasteiger partial charge in [0, 0.05) is 10.6 Å². The summed E-state index contributed by atoms with van der Waals surface area (Å²) < 4.78 is 8.62. The van der Waals surface area contributed by atoms with E-state index in [2.05, 4.69) is 15.2 Å². The number of rotatable bonds is 3. The van der Waals surface area contributed by atoms with Crippen LogP contribution in [-0.2, 0) is 0 Å². The van der Waals surface area contributed by atoms with Crippen LogP contribution in [0.3, 0.4) is 0 Å². The van der Waals surface area contributed by atoms with E-state index in [1.807, 2.05) is 49.4 Å². The maximum atomic E-state index is 6.27. The van der Waals surface area contributed by atoms with Gasteiger partial charge in [0.2, 0.25) is 0 Å². The molecular weight excluding hydrogens is 376 g/mol. The molecular formula is C20H15ClN6O. The van der Waals surface area contributed by atoms with Crippen LogP contribution in [0.15, 0.2) is 55.0 Å². The summed E-state index contributed by atoms with van der Waals surface area (Å²) in [6.07, 6.45) is 3.39. The molecule has 0 radical (unpaired) electrons. The number of methoxy groups -OCH3 is 1. The number of nitrogens with zero attached hydrogens (tertiary/aromatic N) is 6. The maximum absolute atomic E-state index is 6.27. The first kappa shape index (κ1) is 16.7. The van der Waals surface area contributed by atoms with E-state index in [1.54, 1.807) is 28.8 Å². The lowest BCUT2D eigenvalue weighted by atomic mass is 10.2. The van der Waals surface area contributed by atoms with Gasteiger partial charge in [-0.15, -0.1) is 5.10 Å². The van der Waals surface area contributed by atoms with Crippen molar-refractivity contribution in [2.75, 3.05) is 7.11 Å². The van der Waals surface area contributed by atoms with Crippen molar-refractivity contribution in [3.63, 3.8) is 0 Å². The molecule has 0 saturated heterocycles. The third-order valence-corrected chi connectivity index (χ3v) is 5.06. The summed E-state index contributed by atoms with van der Waals surface area (Å²) in [6, 6.07) is 13.4. The summed E-state index contributed by atoms with van der Waals surface area (Å²) in [7, 11) is 1.64. The first-order valence-corrected chi connectivity index (χ1v) is 9.02. The minimum atomic E-state index is 0.614. The minimum absolute atomic E-state index is 0.614. The standard InChI is InChI=1S/C20H15ClN6O/c1-12-3-6-14(9-17(12)21)27-19-16(10-23-27)20-24-18(25-26(20)11-22-19)13-4-7-15(28-2)8-5-13/h3-11H,1-2H3. The van der Waals surface area contributed by atoms with Gasteiger partial charge in [-0.05, 0) is 48.9 Å². The van der Waals surface area contributed by atoms with E-state index in [0.717, 1.165) is 28.0 Å². The molecule has 0 N–H and O–H groups in total. The quantitative estimate of drug-likeness (QED) is 0.464. The van der Waals surface area contributed by atoms with Gasteiger partial charge in [-0.25, -0.2) is 19.2 Å². The predicted molar refractivity (Wildman–Crippen MR) is 107 cm³/mol. The molecule has 0 amide bonds. The molecule has 28 heavy (non-hydrogen) atoms. The van der Waals surface area contributed by atoms with Gasteiger partial charge in [-0.2, -0.15) is 5.10 Å². The van der Waals surface area contributed by atoms with Gasteiger partial charge in [0.25, 0.3) is 0 Å². The molecule has 8 heteroatoms. The minimum Gasteiger partial charge on any atom is -0.497 e. The highest BCUT2D eigenvalue weighted by atomic mass is 35.5. The van der Waals surface area contributed by atoms with Crippen molar-refractivity contribution in [1.82, 2.24) is 29.4 Å². The number of hydrogen-bond acceptors (Lipinski definition) is 5. The average Bonchev–Trinajstić information content (AvgIpc) is 3.34. The second kappa shape index (κ2) is 6.31. The maximum Gasteiger partial charge on any atom is 0.182 e. The molecule has 0 saturated carbocycles. The van der Waals surface area contributed by atoms with Crippen molar-refractivity contribution in [1.29, 1.82) is 0 Å². The molecule has 0 bridgehead atoms. The fraction of sp³-hybridized carbons (Fsp3) is 0.100. The van der Waals surface area contributed by atoms with Crippen LogP contribution in [-0.4, -0.2) is 36.5 Å². The van der Waals surface area contributed by atoms with E-state index < -0.39 is 0 Å². The Morgan fingerprint density at radius 2 is 1.86 bits per heavy atom. The molecule has 5 aromatic rings. The van der Waals surface area contributed by atoms with Crippen LogP contribution >= 0.6 is 11.6 Å². The predicted octanol–water partition coefficient (Wildman–Crippen LogP) is 4.10. The zero-order valence-electron chi connectivity index (χ0n) is 15.2. The van der Waals surface area contributed by atoms with E-state index in [0.29, 0.717) is 22.1 Å². The van der Waals surface area contributed by atoms with Gasteiger partial charge in [0.15, 0.2) is 17.1 Å². The lowest BCUT2D eigenvalue weighted by Gasteiger charge is -2.05. The first-order valence-electron chi connectivity index (χ1n) is 8.64. The molecule has 0 fully saturated rings. The molecule has 0 atom stereocenters. The van der Waals surface area contributed by atoms with Gasteiger partial charge in [-0.1, -0.05) is 17.7 Å². The lowest BCUT2D eigenvalue weighted by molar-refractivity contribution is 0.415. The number of fused-ring (bicyclic) bond motifs is 3. The average molecular weight is 391 g/mol. The Bertz CT molecular complexity index is 1320. The molecule has 0 aliphatic rings. The van der Waals surface area contributed by atoms with E-state index >= 15 is 0 Å². The number of aromatic nitrogens is 6. The van der Waals surface area contributed by atoms with Gasteiger partial charge >= 0.3 is 0 Å². The Kier molecular flexibility index (Phi) is 3.77. The third kappa shape index (κ3) is 2.59. The van der Waals surface area contributed by atoms with Crippen molar-refractivity contribution in [2.24, 2.45) is 0 Å². The molecule has 3 aromatic heterocycles.